The topological polar surface area (TPSA) is 359 Å². The van der Waals surface area contributed by atoms with Crippen LogP contribution in [0.4, 0.5) is 32.8 Å². The van der Waals surface area contributed by atoms with E-state index >= 15 is 0 Å². The quantitative estimate of drug-likeness (QED) is 0.0513. The summed E-state index contributed by atoms with van der Waals surface area (Å²) in [6.45, 7) is 14.3. The Morgan fingerprint density at radius 3 is 0.985 bits per heavy atom. The largest absolute Gasteiger partial charge is 0.504 e. The molecule has 670 valence electrons. The Bertz CT molecular complexity index is 6880. The molecule has 0 saturated carbocycles. The van der Waals surface area contributed by atoms with Crippen molar-refractivity contribution >= 4 is 83.3 Å². The molecule has 9 N–H and O–H groups in total. The Morgan fingerprint density at radius 1 is 0.346 bits per heavy atom. The van der Waals surface area contributed by atoms with Crippen LogP contribution >= 0.6 is 0 Å². The van der Waals surface area contributed by atoms with E-state index < -0.39 is 45.4 Å². The summed E-state index contributed by atoms with van der Waals surface area (Å²) < 4.78 is 64.5. The van der Waals surface area contributed by atoms with Crippen LogP contribution in [0.1, 0.15) is 106 Å². The number of methoxy groups -OCH3 is 1. The third kappa shape index (κ3) is 19.2. The van der Waals surface area contributed by atoms with Gasteiger partial charge in [-0.25, -0.2) is 0 Å². The standard InChI is InChI=1S/C22H23NO4.2C21H21NO4.C20H18FNO4.C20H19NO4/c1-2-14-9-11-23(12-10-14)16-5-3-15(4-6-16)20-13-19(25)17-7-8-18(24)21(26)22(17)27-20;1-13-8-10-22(11-9-13)15-4-2-14(3-5-15)19-12-18(24)16-6-7-17(23)20(25)21(16)26-19;1-25-21-17(23)10-9-16-18(24)13-19(26-20(16)21)14-5-7-15(8-6-14)22-11-3-2-4-12-22;21-16-17(24)14-8-9-15(23)18(25)20(14)26-19(16)12-4-6-13(7-5-12)22-10-2-1-3-11-22;22-16-9-8-15-17(23)12-18(25-20(15)19(16)24)13-4-6-14(7-5-13)21-10-2-1-3-11-21/h3-8,13-14,24,26H,2,9-12H2,1H3;2-7,12-13,23,25H,8-11H2,1H3;5-10,13,23H,2-4,11-12H2,1H3;4-9,23,25H,1-3,10-11H2;4-9,12,22,24H,1-3,10-11H2/i;13D;;;12D. The molecule has 15 aromatic rings. The fourth-order valence-electron chi connectivity index (χ4n) is 17.2. The van der Waals surface area contributed by atoms with Gasteiger partial charge in [-0.05, 0) is 277 Å². The molecule has 5 aromatic heterocycles. The third-order valence-corrected chi connectivity index (χ3v) is 24.9. The van der Waals surface area contributed by atoms with Gasteiger partial charge < -0.3 is 97.3 Å². The summed E-state index contributed by atoms with van der Waals surface area (Å²) in [6.07, 6.45) is 16.3. The first-order valence-electron chi connectivity index (χ1n) is 44.9. The van der Waals surface area contributed by atoms with Crippen molar-refractivity contribution in [2.24, 2.45) is 11.8 Å². The molecule has 5 aliphatic heterocycles. The molecular formula is C104H102FN5O20. The number of rotatable bonds is 12. The highest BCUT2D eigenvalue weighted by atomic mass is 19.1. The number of phenolic OH excluding ortho intramolecular Hbond substituents is 9. The molecule has 130 heavy (non-hydrogen) atoms. The first kappa shape index (κ1) is 85.9. The first-order chi connectivity index (χ1) is 63.7. The molecule has 0 aliphatic carbocycles. The van der Waals surface area contributed by atoms with Crippen LogP contribution in [0, 0.1) is 17.6 Å². The number of piperidine rings is 5. The van der Waals surface area contributed by atoms with Crippen molar-refractivity contribution in [1.82, 2.24) is 0 Å². The summed E-state index contributed by atoms with van der Waals surface area (Å²) in [5, 5.41) is 89.3. The molecule has 0 atom stereocenters. The Hall–Kier alpha value is -14.8. The molecule has 0 spiro atoms. The van der Waals surface area contributed by atoms with Crippen LogP contribution in [0.15, 0.2) is 252 Å². The molecule has 0 unspecified atom stereocenters. The van der Waals surface area contributed by atoms with Crippen molar-refractivity contribution in [2.45, 2.75) is 104 Å². The number of hydrogen-bond acceptors (Lipinski definition) is 25. The van der Waals surface area contributed by atoms with Crippen molar-refractivity contribution in [2.75, 3.05) is 97.1 Å². The van der Waals surface area contributed by atoms with E-state index in [4.69, 9.17) is 29.6 Å². The molecule has 0 radical (unpaired) electrons. The summed E-state index contributed by atoms with van der Waals surface area (Å²) in [4.78, 5) is 73.5. The molecule has 20 rings (SSSR count). The van der Waals surface area contributed by atoms with E-state index in [2.05, 4.69) is 43.6 Å². The van der Waals surface area contributed by atoms with Gasteiger partial charge in [-0.15, -0.1) is 0 Å². The van der Waals surface area contributed by atoms with Crippen molar-refractivity contribution in [3.63, 3.8) is 0 Å². The zero-order valence-electron chi connectivity index (χ0n) is 74.2. The van der Waals surface area contributed by atoms with Gasteiger partial charge >= 0.3 is 0 Å². The third-order valence-electron chi connectivity index (χ3n) is 24.9. The lowest BCUT2D eigenvalue weighted by Crippen LogP contribution is -2.33. The van der Waals surface area contributed by atoms with Gasteiger partial charge in [0.25, 0.3) is 0 Å². The van der Waals surface area contributed by atoms with E-state index in [0.717, 1.165) is 137 Å². The van der Waals surface area contributed by atoms with Crippen LogP contribution < -0.4 is 56.4 Å². The Kier molecular flexibility index (Phi) is 25.9. The number of halogens is 1. The average Bonchev–Trinajstić information content (AvgIpc) is 0.750. The fourth-order valence-corrected chi connectivity index (χ4v) is 17.2. The summed E-state index contributed by atoms with van der Waals surface area (Å²) in [7, 11) is 1.44. The second-order valence-corrected chi connectivity index (χ2v) is 33.3. The van der Waals surface area contributed by atoms with E-state index in [1.807, 2.05) is 104 Å². The van der Waals surface area contributed by atoms with E-state index in [9.17, 15) is 74.3 Å². The minimum Gasteiger partial charge on any atom is -0.504 e. The van der Waals surface area contributed by atoms with Crippen molar-refractivity contribution in [3.8, 4) is 114 Å². The predicted octanol–water partition coefficient (Wildman–Crippen LogP) is 20.6. The number of fused-ring (bicyclic) bond motifs is 5. The Balaban J connectivity index is 0.000000120. The van der Waals surface area contributed by atoms with E-state index in [0.29, 0.717) is 39.4 Å². The zero-order chi connectivity index (χ0) is 92.8. The minimum atomic E-state index is -1.02. The highest BCUT2D eigenvalue weighted by Gasteiger charge is 2.26. The summed E-state index contributed by atoms with van der Waals surface area (Å²) >= 11 is 0. The first-order valence-corrected chi connectivity index (χ1v) is 43.9. The summed E-state index contributed by atoms with van der Waals surface area (Å²) in [5.74, 6) is -2.81. The maximum Gasteiger partial charge on any atom is 0.229 e. The molecule has 0 amide bonds. The number of phenols is 9. The lowest BCUT2D eigenvalue weighted by atomic mass is 9.94. The van der Waals surface area contributed by atoms with Gasteiger partial charge in [-0.3, -0.25) is 24.0 Å². The van der Waals surface area contributed by atoms with Crippen molar-refractivity contribution < 1.29 is 79.9 Å². The van der Waals surface area contributed by atoms with Crippen LogP contribution in [-0.2, 0) is 0 Å². The van der Waals surface area contributed by atoms with E-state index in [-0.39, 0.29) is 118 Å². The molecule has 26 heteroatoms. The van der Waals surface area contributed by atoms with Gasteiger partial charge in [0.05, 0.1) is 35.4 Å². The van der Waals surface area contributed by atoms with Crippen LogP contribution in [-0.4, -0.2) is 119 Å². The minimum absolute atomic E-state index is 0.00298. The lowest BCUT2D eigenvalue weighted by Gasteiger charge is -2.33. The molecule has 5 fully saturated rings. The van der Waals surface area contributed by atoms with E-state index in [1.165, 1.54) is 144 Å². The van der Waals surface area contributed by atoms with Gasteiger partial charge in [0.2, 0.25) is 40.0 Å². The second kappa shape index (κ2) is 39.2. The molecule has 0 bridgehead atoms. The maximum atomic E-state index is 14.5. The molecule has 5 aliphatic rings. The smallest absolute Gasteiger partial charge is 0.229 e. The predicted molar refractivity (Wildman–Crippen MR) is 505 cm³/mol. The van der Waals surface area contributed by atoms with Crippen LogP contribution in [0.2, 0.25) is 0 Å². The highest BCUT2D eigenvalue weighted by molar-refractivity contribution is 5.91. The van der Waals surface area contributed by atoms with Crippen molar-refractivity contribution in [3.05, 3.63) is 263 Å². The second-order valence-electron chi connectivity index (χ2n) is 33.3. The Morgan fingerprint density at radius 2 is 0.631 bits per heavy atom. The summed E-state index contributed by atoms with van der Waals surface area (Å²) in [6, 6.07) is 55.6. The van der Waals surface area contributed by atoms with E-state index in [1.54, 1.807) is 18.2 Å². The summed E-state index contributed by atoms with van der Waals surface area (Å²) in [5.41, 5.74) is 6.59. The molecule has 25 nitrogen and oxygen atoms in total. The average molecular weight is 1760 g/mol. The number of benzene rings is 10. The number of anilines is 5. The van der Waals surface area contributed by atoms with Gasteiger partial charge in [0, 0.05) is 147 Å². The monoisotopic (exact) mass is 1760 g/mol. The molecule has 10 aromatic carbocycles. The number of nitrogens with zero attached hydrogens (tertiary/aromatic N) is 5. The molecule has 5 saturated heterocycles. The molecule has 10 heterocycles. The highest BCUT2D eigenvalue weighted by Crippen LogP contribution is 2.43. The van der Waals surface area contributed by atoms with Gasteiger partial charge in [0.15, 0.2) is 84.1 Å². The number of hydrogen-bond donors (Lipinski definition) is 9. The van der Waals surface area contributed by atoms with Gasteiger partial charge in [0.1, 0.15) is 23.0 Å². The number of aromatic hydroxyl groups is 9. The maximum absolute atomic E-state index is 14.5. The SMILES string of the molecule is CCC1CCN(c2ccc(-c3cc(=O)c4ccc(O)c(O)c4o3)cc2)CC1.COc1c(O)ccc2c(=O)cc(-c3ccc(N4CCCCC4)cc3)oc12.O=c1c(F)c(-c2ccc(N3CCCCC3)cc2)oc2c(O)c(O)ccc12.[2H]C1(C)CCN(c2ccc(-c3cc(=O)c4ccc(O)c(O)c4o3)cc2)CC1.[2H]c1c(-c2ccc(N3CCCCC3)cc2)oc2c(O)c(O)ccc2c1=O. The van der Waals surface area contributed by atoms with Crippen LogP contribution in [0.3, 0.4) is 0 Å². The fraction of sp³-hybridized carbons (Fsp3) is 0.279. The van der Waals surface area contributed by atoms with Gasteiger partial charge in [-0.2, -0.15) is 4.39 Å². The van der Waals surface area contributed by atoms with Crippen molar-refractivity contribution in [1.29, 1.82) is 0 Å². The lowest BCUT2D eigenvalue weighted by molar-refractivity contribution is 0.371. The zero-order valence-corrected chi connectivity index (χ0v) is 72.2. The number of ether oxygens (including phenoxy) is 1. The van der Waals surface area contributed by atoms with Crippen LogP contribution in [0.25, 0.3) is 111 Å². The van der Waals surface area contributed by atoms with Gasteiger partial charge in [-0.1, -0.05) is 20.3 Å². The molecular weight excluding hydrogens is 1660 g/mol. The normalized spacial score (nSPS) is 15.5. The Labute approximate surface area is 749 Å². The van der Waals surface area contributed by atoms with Crippen LogP contribution in [0.5, 0.6) is 57.5 Å².